The summed E-state index contributed by atoms with van der Waals surface area (Å²) in [5.41, 5.74) is 1.38. The molecule has 0 spiro atoms. The molecule has 1 aromatic heterocycles. The molecule has 0 unspecified atom stereocenters. The van der Waals surface area contributed by atoms with Gasteiger partial charge in [0.15, 0.2) is 5.82 Å². The SMILES string of the molecule is CSc1ccc(CN2CCc3nnc([C@H]4CCCO4)n3CC2)cc1. The Morgan fingerprint density at radius 3 is 2.79 bits per heavy atom. The lowest BCUT2D eigenvalue weighted by molar-refractivity contribution is 0.101. The summed E-state index contributed by atoms with van der Waals surface area (Å²) >= 11 is 1.79. The highest BCUT2D eigenvalue weighted by Gasteiger charge is 2.26. The predicted molar refractivity (Wildman–Crippen MR) is 95.2 cm³/mol. The summed E-state index contributed by atoms with van der Waals surface area (Å²) in [5, 5.41) is 8.85. The zero-order chi connectivity index (χ0) is 16.4. The third kappa shape index (κ3) is 3.36. The van der Waals surface area contributed by atoms with Gasteiger partial charge in [-0.1, -0.05) is 12.1 Å². The molecule has 1 saturated heterocycles. The molecule has 1 atom stereocenters. The van der Waals surface area contributed by atoms with Crippen molar-refractivity contribution in [2.45, 2.75) is 43.4 Å². The van der Waals surface area contributed by atoms with E-state index in [0.717, 1.165) is 63.7 Å². The lowest BCUT2D eigenvalue weighted by atomic mass is 10.2. The van der Waals surface area contributed by atoms with Crippen molar-refractivity contribution in [2.75, 3.05) is 26.0 Å². The molecule has 0 amide bonds. The van der Waals surface area contributed by atoms with Crippen LogP contribution in [-0.2, 0) is 24.2 Å². The average molecular weight is 344 g/mol. The minimum absolute atomic E-state index is 0.150. The van der Waals surface area contributed by atoms with Crippen LogP contribution in [0, 0.1) is 0 Å². The Balaban J connectivity index is 1.42. The maximum Gasteiger partial charge on any atom is 0.162 e. The van der Waals surface area contributed by atoms with E-state index in [9.17, 15) is 0 Å². The first kappa shape index (κ1) is 16.1. The van der Waals surface area contributed by atoms with Crippen LogP contribution in [-0.4, -0.2) is 45.6 Å². The van der Waals surface area contributed by atoms with Gasteiger partial charge in [0, 0.05) is 44.1 Å². The van der Waals surface area contributed by atoms with Crippen molar-refractivity contribution >= 4 is 11.8 Å². The van der Waals surface area contributed by atoms with Crippen LogP contribution in [0.4, 0.5) is 0 Å². The number of ether oxygens (including phenoxy) is 1. The van der Waals surface area contributed by atoms with E-state index in [-0.39, 0.29) is 6.10 Å². The van der Waals surface area contributed by atoms with Gasteiger partial charge in [-0.2, -0.15) is 0 Å². The molecule has 1 fully saturated rings. The molecular weight excluding hydrogens is 320 g/mol. The maximum absolute atomic E-state index is 5.81. The van der Waals surface area contributed by atoms with Gasteiger partial charge in [0.1, 0.15) is 11.9 Å². The number of fused-ring (bicyclic) bond motifs is 1. The summed E-state index contributed by atoms with van der Waals surface area (Å²) in [6.07, 6.45) is 5.43. The molecule has 2 aliphatic heterocycles. The van der Waals surface area contributed by atoms with E-state index in [2.05, 4.69) is 50.2 Å². The molecule has 2 aliphatic rings. The van der Waals surface area contributed by atoms with E-state index in [4.69, 9.17) is 4.74 Å². The first-order chi connectivity index (χ1) is 11.8. The van der Waals surface area contributed by atoms with Crippen LogP contribution in [0.2, 0.25) is 0 Å². The third-order valence-corrected chi connectivity index (χ3v) is 5.67. The standard InChI is InChI=1S/C18H24N4OS/c1-24-15-6-4-14(5-7-15)13-21-9-8-17-19-20-18(22(17)11-10-21)16-3-2-12-23-16/h4-7,16H,2-3,8-13H2,1H3/t16-/m1/s1. The Morgan fingerprint density at radius 2 is 2.04 bits per heavy atom. The number of nitrogens with zero attached hydrogens (tertiary/aromatic N) is 4. The molecule has 6 heteroatoms. The van der Waals surface area contributed by atoms with E-state index in [0.29, 0.717) is 0 Å². The van der Waals surface area contributed by atoms with Crippen LogP contribution < -0.4 is 0 Å². The number of benzene rings is 1. The molecule has 0 aliphatic carbocycles. The lowest BCUT2D eigenvalue weighted by Crippen LogP contribution is -2.26. The second-order valence-electron chi connectivity index (χ2n) is 6.50. The van der Waals surface area contributed by atoms with Gasteiger partial charge < -0.3 is 9.30 Å². The van der Waals surface area contributed by atoms with Crippen LogP contribution in [0.5, 0.6) is 0 Å². The molecule has 0 N–H and O–H groups in total. The van der Waals surface area contributed by atoms with Crippen LogP contribution in [0.3, 0.4) is 0 Å². The summed E-state index contributed by atoms with van der Waals surface area (Å²) in [5.74, 6) is 2.15. The zero-order valence-electron chi connectivity index (χ0n) is 14.1. The second kappa shape index (κ2) is 7.25. The molecule has 4 rings (SSSR count). The molecule has 2 aromatic rings. The third-order valence-electron chi connectivity index (χ3n) is 4.93. The van der Waals surface area contributed by atoms with Gasteiger partial charge >= 0.3 is 0 Å². The first-order valence-corrected chi connectivity index (χ1v) is 9.95. The van der Waals surface area contributed by atoms with Gasteiger partial charge in [-0.05, 0) is 36.8 Å². The highest BCUT2D eigenvalue weighted by Crippen LogP contribution is 2.28. The van der Waals surface area contributed by atoms with Crippen molar-refractivity contribution in [1.29, 1.82) is 0 Å². The molecule has 0 saturated carbocycles. The normalized spacial score (nSPS) is 21.6. The number of aromatic nitrogens is 3. The smallest absolute Gasteiger partial charge is 0.162 e. The van der Waals surface area contributed by atoms with Crippen LogP contribution in [0.25, 0.3) is 0 Å². The Hall–Kier alpha value is -1.37. The summed E-state index contributed by atoms with van der Waals surface area (Å²) in [7, 11) is 0. The largest absolute Gasteiger partial charge is 0.370 e. The highest BCUT2D eigenvalue weighted by atomic mass is 32.2. The van der Waals surface area contributed by atoms with E-state index in [1.54, 1.807) is 11.8 Å². The number of hydrogen-bond acceptors (Lipinski definition) is 5. The van der Waals surface area contributed by atoms with Crippen molar-refractivity contribution in [1.82, 2.24) is 19.7 Å². The molecule has 0 bridgehead atoms. The van der Waals surface area contributed by atoms with Crippen LogP contribution in [0.15, 0.2) is 29.2 Å². The van der Waals surface area contributed by atoms with Gasteiger partial charge in [0.25, 0.3) is 0 Å². The summed E-state index contributed by atoms with van der Waals surface area (Å²) < 4.78 is 8.11. The monoisotopic (exact) mass is 344 g/mol. The van der Waals surface area contributed by atoms with Crippen molar-refractivity contribution in [2.24, 2.45) is 0 Å². The fourth-order valence-corrected chi connectivity index (χ4v) is 3.96. The predicted octanol–water partition coefficient (Wildman–Crippen LogP) is 2.91. The van der Waals surface area contributed by atoms with E-state index < -0.39 is 0 Å². The minimum atomic E-state index is 0.150. The molecule has 5 nitrogen and oxygen atoms in total. The van der Waals surface area contributed by atoms with Gasteiger partial charge in [-0.3, -0.25) is 4.90 Å². The molecule has 0 radical (unpaired) electrons. The van der Waals surface area contributed by atoms with E-state index in [1.165, 1.54) is 10.5 Å². The summed E-state index contributed by atoms with van der Waals surface area (Å²) in [4.78, 5) is 3.84. The molecule has 24 heavy (non-hydrogen) atoms. The van der Waals surface area contributed by atoms with Gasteiger partial charge in [0.2, 0.25) is 0 Å². The Kier molecular flexibility index (Phi) is 4.87. The van der Waals surface area contributed by atoms with Crippen LogP contribution >= 0.6 is 11.8 Å². The fourth-order valence-electron chi connectivity index (χ4n) is 3.56. The average Bonchev–Trinajstić information content (AvgIpc) is 3.23. The lowest BCUT2D eigenvalue weighted by Gasteiger charge is -2.20. The van der Waals surface area contributed by atoms with E-state index >= 15 is 0 Å². The number of hydrogen-bond donors (Lipinski definition) is 0. The fraction of sp³-hybridized carbons (Fsp3) is 0.556. The number of thioether (sulfide) groups is 1. The highest BCUT2D eigenvalue weighted by molar-refractivity contribution is 7.98. The van der Waals surface area contributed by atoms with Crippen LogP contribution in [0.1, 0.15) is 36.2 Å². The van der Waals surface area contributed by atoms with Crippen molar-refractivity contribution in [3.8, 4) is 0 Å². The first-order valence-electron chi connectivity index (χ1n) is 8.72. The molecule has 1 aromatic carbocycles. The molecular formula is C18H24N4OS. The van der Waals surface area contributed by atoms with Crippen molar-refractivity contribution in [3.05, 3.63) is 41.5 Å². The Labute approximate surface area is 147 Å². The summed E-state index contributed by atoms with van der Waals surface area (Å²) in [6, 6.07) is 8.91. The van der Waals surface area contributed by atoms with Crippen molar-refractivity contribution in [3.63, 3.8) is 0 Å². The molecule has 128 valence electrons. The minimum Gasteiger partial charge on any atom is -0.370 e. The topological polar surface area (TPSA) is 43.2 Å². The molecule has 3 heterocycles. The van der Waals surface area contributed by atoms with Gasteiger partial charge in [-0.15, -0.1) is 22.0 Å². The van der Waals surface area contributed by atoms with E-state index in [1.807, 2.05) is 0 Å². The summed E-state index contributed by atoms with van der Waals surface area (Å²) in [6.45, 7) is 4.89. The maximum atomic E-state index is 5.81. The number of rotatable bonds is 4. The quantitative estimate of drug-likeness (QED) is 0.798. The second-order valence-corrected chi connectivity index (χ2v) is 7.38. The van der Waals surface area contributed by atoms with Crippen molar-refractivity contribution < 1.29 is 4.74 Å². The van der Waals surface area contributed by atoms with Gasteiger partial charge in [0.05, 0.1) is 0 Å². The Bertz CT molecular complexity index is 679. The van der Waals surface area contributed by atoms with Gasteiger partial charge in [-0.25, -0.2) is 0 Å². The zero-order valence-corrected chi connectivity index (χ0v) is 15.0. The Morgan fingerprint density at radius 1 is 1.17 bits per heavy atom.